The van der Waals surface area contributed by atoms with Crippen LogP contribution in [0.3, 0.4) is 0 Å². The van der Waals surface area contributed by atoms with E-state index in [1.807, 2.05) is 30.3 Å². The average Bonchev–Trinajstić information content (AvgIpc) is 2.95. The van der Waals surface area contributed by atoms with Crippen LogP contribution in [-0.2, 0) is 20.7 Å². The summed E-state index contributed by atoms with van der Waals surface area (Å²) in [6.07, 6.45) is -0.0835. The number of likely N-dealkylation sites (tertiary alicyclic amines) is 1. The maximum Gasteiger partial charge on any atom is 0.408 e. The maximum atomic E-state index is 12.7. The molecule has 0 radical (unpaired) electrons. The molecule has 7 nitrogen and oxygen atoms in total. The number of carboxylic acids is 1. The molecule has 3 rings (SSSR count). The van der Waals surface area contributed by atoms with Crippen molar-refractivity contribution in [2.75, 3.05) is 13.1 Å². The summed E-state index contributed by atoms with van der Waals surface area (Å²) in [7, 11) is 0. The first-order valence-corrected chi connectivity index (χ1v) is 8.07. The van der Waals surface area contributed by atoms with Gasteiger partial charge in [-0.2, -0.15) is 0 Å². The number of carbonyl (C=O) groups is 3. The van der Waals surface area contributed by atoms with E-state index in [2.05, 4.69) is 5.32 Å². The van der Waals surface area contributed by atoms with E-state index in [0.29, 0.717) is 32.4 Å². The van der Waals surface area contributed by atoms with E-state index >= 15 is 0 Å². The number of nitrogens with zero attached hydrogens (tertiary/aromatic N) is 1. The zero-order valence-corrected chi connectivity index (χ0v) is 13.2. The Morgan fingerprint density at radius 3 is 2.50 bits per heavy atom. The number of alkyl carbamates (subject to hydrolysis) is 1. The fraction of sp³-hybridized carbons (Fsp3) is 0.471. The van der Waals surface area contributed by atoms with Crippen molar-refractivity contribution in [3.8, 4) is 0 Å². The van der Waals surface area contributed by atoms with E-state index in [-0.39, 0.29) is 5.91 Å². The normalized spacial score (nSPS) is 24.3. The first-order valence-electron chi connectivity index (χ1n) is 8.07. The number of carbonyl (C=O) groups excluding carboxylic acids is 2. The highest BCUT2D eigenvalue weighted by Crippen LogP contribution is 2.22. The Balaban J connectivity index is 1.64. The molecule has 2 fully saturated rings. The molecule has 0 saturated carbocycles. The molecule has 2 N–H and O–H groups in total. The molecular formula is C17H20N2O5. The number of rotatable bonds is 4. The van der Waals surface area contributed by atoms with Gasteiger partial charge in [-0.05, 0) is 24.8 Å². The standard InChI is InChI=1S/C17H20N2O5/c20-15(19-8-6-12(7-9-19)16(21)22)14-13(18-17(23)24-14)10-11-4-2-1-3-5-11/h1-5,12-14H,6-10H2,(H,18,23)(H,21,22)/t13-,14+/m0/s1. The van der Waals surface area contributed by atoms with E-state index in [0.717, 1.165) is 5.56 Å². The minimum Gasteiger partial charge on any atom is -0.481 e. The van der Waals surface area contributed by atoms with E-state index in [9.17, 15) is 14.4 Å². The number of piperidine rings is 1. The van der Waals surface area contributed by atoms with Gasteiger partial charge in [0.2, 0.25) is 6.10 Å². The number of cyclic esters (lactones) is 1. The summed E-state index contributed by atoms with van der Waals surface area (Å²) in [5, 5.41) is 11.7. The lowest BCUT2D eigenvalue weighted by Gasteiger charge is -2.32. The van der Waals surface area contributed by atoms with Gasteiger partial charge in [-0.25, -0.2) is 4.79 Å². The first kappa shape index (κ1) is 16.3. The fourth-order valence-corrected chi connectivity index (χ4v) is 3.23. The molecule has 2 atom stereocenters. The summed E-state index contributed by atoms with van der Waals surface area (Å²) >= 11 is 0. The largest absolute Gasteiger partial charge is 0.481 e. The monoisotopic (exact) mass is 332 g/mol. The van der Waals surface area contributed by atoms with Crippen molar-refractivity contribution in [1.29, 1.82) is 0 Å². The lowest BCUT2D eigenvalue weighted by Crippen LogP contribution is -2.49. The number of carboxylic acid groups (broad SMARTS) is 1. The molecule has 1 aromatic rings. The SMILES string of the molecule is O=C1N[C@@H](Cc2ccccc2)[C@H](C(=O)N2CCC(C(=O)O)CC2)O1. The van der Waals surface area contributed by atoms with Crippen molar-refractivity contribution < 1.29 is 24.2 Å². The lowest BCUT2D eigenvalue weighted by atomic mass is 9.95. The molecule has 0 aromatic heterocycles. The number of benzene rings is 1. The van der Waals surface area contributed by atoms with Gasteiger partial charge in [-0.3, -0.25) is 9.59 Å². The Hall–Kier alpha value is -2.57. The van der Waals surface area contributed by atoms with Gasteiger partial charge in [0, 0.05) is 13.1 Å². The van der Waals surface area contributed by atoms with Crippen molar-refractivity contribution in [3.63, 3.8) is 0 Å². The highest BCUT2D eigenvalue weighted by Gasteiger charge is 2.42. The second-order valence-corrected chi connectivity index (χ2v) is 6.20. The minimum absolute atomic E-state index is 0.252. The molecule has 7 heteroatoms. The molecule has 1 aromatic carbocycles. The predicted molar refractivity (Wildman–Crippen MR) is 84.3 cm³/mol. The zero-order chi connectivity index (χ0) is 17.1. The van der Waals surface area contributed by atoms with E-state index < -0.39 is 30.1 Å². The first-order chi connectivity index (χ1) is 11.5. The van der Waals surface area contributed by atoms with E-state index in [1.165, 1.54) is 0 Å². The molecule has 0 aliphatic carbocycles. The summed E-state index contributed by atoms with van der Waals surface area (Å²) in [5.74, 6) is -1.48. The van der Waals surface area contributed by atoms with Gasteiger partial charge in [-0.1, -0.05) is 30.3 Å². The average molecular weight is 332 g/mol. The molecule has 128 valence electrons. The van der Waals surface area contributed by atoms with Gasteiger partial charge in [0.25, 0.3) is 5.91 Å². The summed E-state index contributed by atoms with van der Waals surface area (Å²) in [6, 6.07) is 9.17. The van der Waals surface area contributed by atoms with Crippen molar-refractivity contribution in [3.05, 3.63) is 35.9 Å². The Morgan fingerprint density at radius 2 is 1.88 bits per heavy atom. The lowest BCUT2D eigenvalue weighted by molar-refractivity contribution is -0.148. The smallest absolute Gasteiger partial charge is 0.408 e. The molecule has 24 heavy (non-hydrogen) atoms. The highest BCUT2D eigenvalue weighted by molar-refractivity contribution is 5.87. The fourth-order valence-electron chi connectivity index (χ4n) is 3.23. The van der Waals surface area contributed by atoms with Crippen LogP contribution in [0, 0.1) is 5.92 Å². The van der Waals surface area contributed by atoms with E-state index in [4.69, 9.17) is 9.84 Å². The molecule has 0 spiro atoms. The van der Waals surface area contributed by atoms with Crippen LogP contribution in [0.5, 0.6) is 0 Å². The second-order valence-electron chi connectivity index (χ2n) is 6.20. The summed E-state index contributed by atoms with van der Waals surface area (Å²) in [4.78, 5) is 36.9. The highest BCUT2D eigenvalue weighted by atomic mass is 16.6. The number of hydrogen-bond acceptors (Lipinski definition) is 4. The van der Waals surface area contributed by atoms with Crippen molar-refractivity contribution in [2.45, 2.75) is 31.4 Å². The maximum absolute atomic E-state index is 12.7. The molecular weight excluding hydrogens is 312 g/mol. The summed E-state index contributed by atoms with van der Waals surface area (Å²) in [5.41, 5.74) is 1.01. The van der Waals surface area contributed by atoms with E-state index in [1.54, 1.807) is 4.90 Å². The van der Waals surface area contributed by atoms with Crippen molar-refractivity contribution in [2.24, 2.45) is 5.92 Å². The third-order valence-corrected chi connectivity index (χ3v) is 4.60. The van der Waals surface area contributed by atoms with Gasteiger partial charge in [0.15, 0.2) is 0 Å². The second kappa shape index (κ2) is 6.90. The number of aliphatic carboxylic acids is 1. The molecule has 2 amide bonds. The van der Waals surface area contributed by atoms with Crippen LogP contribution in [0.1, 0.15) is 18.4 Å². The van der Waals surface area contributed by atoms with Gasteiger partial charge in [-0.15, -0.1) is 0 Å². The summed E-state index contributed by atoms with van der Waals surface area (Å²) in [6.45, 7) is 0.754. The van der Waals surface area contributed by atoms with Crippen molar-refractivity contribution >= 4 is 18.0 Å². The molecule has 2 heterocycles. The van der Waals surface area contributed by atoms with Crippen LogP contribution in [0.15, 0.2) is 30.3 Å². The van der Waals surface area contributed by atoms with Gasteiger partial charge in [0.1, 0.15) is 0 Å². The number of nitrogens with one attached hydrogen (secondary N) is 1. The summed E-state index contributed by atoms with van der Waals surface area (Å²) < 4.78 is 5.18. The Kier molecular flexibility index (Phi) is 4.69. The Morgan fingerprint density at radius 1 is 1.21 bits per heavy atom. The number of hydrogen-bond donors (Lipinski definition) is 2. The Labute approximate surface area is 139 Å². The van der Waals surface area contributed by atoms with Gasteiger partial charge in [0.05, 0.1) is 12.0 Å². The van der Waals surface area contributed by atoms with Crippen LogP contribution in [0.4, 0.5) is 4.79 Å². The quantitative estimate of drug-likeness (QED) is 0.858. The predicted octanol–water partition coefficient (Wildman–Crippen LogP) is 1.03. The van der Waals surface area contributed by atoms with Gasteiger partial charge < -0.3 is 20.1 Å². The topological polar surface area (TPSA) is 95.9 Å². The van der Waals surface area contributed by atoms with Crippen LogP contribution in [0.2, 0.25) is 0 Å². The molecule has 0 unspecified atom stereocenters. The minimum atomic E-state index is -0.862. The molecule has 2 aliphatic rings. The number of ether oxygens (including phenoxy) is 1. The van der Waals surface area contributed by atoms with Gasteiger partial charge >= 0.3 is 12.1 Å². The van der Waals surface area contributed by atoms with Crippen LogP contribution < -0.4 is 5.32 Å². The third-order valence-electron chi connectivity index (χ3n) is 4.60. The zero-order valence-electron chi connectivity index (χ0n) is 13.2. The van der Waals surface area contributed by atoms with Crippen LogP contribution in [-0.4, -0.2) is 53.2 Å². The van der Waals surface area contributed by atoms with Crippen LogP contribution >= 0.6 is 0 Å². The molecule has 2 aliphatic heterocycles. The Bertz CT molecular complexity index is 625. The molecule has 0 bridgehead atoms. The van der Waals surface area contributed by atoms with Crippen molar-refractivity contribution in [1.82, 2.24) is 10.2 Å². The molecule has 2 saturated heterocycles. The number of amides is 2. The van der Waals surface area contributed by atoms with Crippen LogP contribution in [0.25, 0.3) is 0 Å². The third kappa shape index (κ3) is 3.50.